The molecule has 8 nitrogen and oxygen atoms in total. The zero-order valence-corrected chi connectivity index (χ0v) is 16.2. The zero-order chi connectivity index (χ0) is 21.7. The van der Waals surface area contributed by atoms with Crippen molar-refractivity contribution in [3.8, 4) is 11.5 Å². The van der Waals surface area contributed by atoms with Crippen molar-refractivity contribution in [1.29, 1.82) is 0 Å². The number of aromatic hydroxyl groups is 1. The molecule has 5 atom stereocenters. The highest BCUT2D eigenvalue weighted by atomic mass is 16.7. The molecule has 0 aliphatic carbocycles. The summed E-state index contributed by atoms with van der Waals surface area (Å²) >= 11 is 0. The van der Waals surface area contributed by atoms with Gasteiger partial charge < -0.3 is 40.1 Å². The van der Waals surface area contributed by atoms with E-state index < -0.39 is 37.3 Å². The van der Waals surface area contributed by atoms with Crippen molar-refractivity contribution in [2.45, 2.75) is 37.1 Å². The highest BCUT2D eigenvalue weighted by molar-refractivity contribution is 5.67. The summed E-state index contributed by atoms with van der Waals surface area (Å²) < 4.78 is 10.9. The Morgan fingerprint density at radius 3 is 2.17 bits per heavy atom. The number of allylic oxidation sites excluding steroid dienone is 1. The van der Waals surface area contributed by atoms with Crippen LogP contribution in [0.5, 0.6) is 11.5 Å². The lowest BCUT2D eigenvalue weighted by Gasteiger charge is -2.39. The van der Waals surface area contributed by atoms with Crippen LogP contribution in [0.3, 0.4) is 0 Å². The van der Waals surface area contributed by atoms with Gasteiger partial charge in [-0.1, -0.05) is 30.3 Å². The monoisotopic (exact) mass is 418 g/mol. The van der Waals surface area contributed by atoms with Gasteiger partial charge in [-0.15, -0.1) is 0 Å². The fourth-order valence-corrected chi connectivity index (χ4v) is 3.19. The molecule has 0 radical (unpaired) electrons. The van der Waals surface area contributed by atoms with Crippen LogP contribution >= 0.6 is 0 Å². The molecule has 0 bridgehead atoms. The van der Waals surface area contributed by atoms with E-state index in [1.165, 1.54) is 0 Å². The van der Waals surface area contributed by atoms with E-state index in [2.05, 4.69) is 0 Å². The van der Waals surface area contributed by atoms with Crippen LogP contribution in [-0.4, -0.2) is 74.6 Å². The molecule has 0 saturated carbocycles. The third kappa shape index (κ3) is 5.17. The van der Waals surface area contributed by atoms with Crippen molar-refractivity contribution in [2.75, 3.05) is 13.2 Å². The molecule has 0 spiro atoms. The third-order valence-electron chi connectivity index (χ3n) is 5.02. The van der Waals surface area contributed by atoms with E-state index in [0.717, 1.165) is 11.1 Å². The smallest absolute Gasteiger partial charge is 0.229 e. The molecule has 0 unspecified atom stereocenters. The van der Waals surface area contributed by atoms with Crippen LogP contribution in [0, 0.1) is 0 Å². The van der Waals surface area contributed by atoms with E-state index in [-0.39, 0.29) is 12.4 Å². The van der Waals surface area contributed by atoms with Crippen LogP contribution in [0.4, 0.5) is 0 Å². The van der Waals surface area contributed by atoms with Gasteiger partial charge in [-0.2, -0.15) is 0 Å². The Kier molecular flexibility index (Phi) is 7.43. The van der Waals surface area contributed by atoms with Crippen LogP contribution in [0.25, 0.3) is 5.57 Å². The quantitative estimate of drug-likeness (QED) is 0.375. The molecule has 2 aromatic rings. The van der Waals surface area contributed by atoms with Crippen LogP contribution in [0.15, 0.2) is 54.6 Å². The Bertz CT molecular complexity index is 831. The second-order valence-corrected chi connectivity index (χ2v) is 7.10. The van der Waals surface area contributed by atoms with Gasteiger partial charge in [0.25, 0.3) is 0 Å². The highest BCUT2D eigenvalue weighted by Gasteiger charge is 2.44. The molecule has 6 N–H and O–H groups in total. The third-order valence-corrected chi connectivity index (χ3v) is 5.02. The number of hydrogen-bond donors (Lipinski definition) is 6. The van der Waals surface area contributed by atoms with E-state index in [9.17, 15) is 30.6 Å². The molecule has 2 aromatic carbocycles. The molecule has 0 amide bonds. The SMILES string of the molecule is OCC(=CCc1ccc(O)cc1)c1ccc(O[C@@H]2O[C@H](CO)[C@@H](O)[C@H](O)[C@H]2O)cc1. The Hall–Kier alpha value is -2.46. The Morgan fingerprint density at radius 2 is 1.57 bits per heavy atom. The first kappa shape index (κ1) is 22.2. The van der Waals surface area contributed by atoms with E-state index in [1.54, 1.807) is 48.5 Å². The molecule has 30 heavy (non-hydrogen) atoms. The van der Waals surface area contributed by atoms with Crippen molar-refractivity contribution < 1.29 is 40.1 Å². The van der Waals surface area contributed by atoms with E-state index in [0.29, 0.717) is 17.7 Å². The van der Waals surface area contributed by atoms with Crippen molar-refractivity contribution >= 4 is 5.57 Å². The first-order valence-electron chi connectivity index (χ1n) is 9.58. The number of phenolic OH excluding ortho intramolecular Hbond substituents is 1. The second kappa shape index (κ2) is 10.0. The lowest BCUT2D eigenvalue weighted by Crippen LogP contribution is -2.60. The van der Waals surface area contributed by atoms with Gasteiger partial charge in [0.1, 0.15) is 35.9 Å². The molecule has 3 rings (SSSR count). The number of aliphatic hydroxyl groups is 5. The Labute approximate surface area is 173 Å². The summed E-state index contributed by atoms with van der Waals surface area (Å²) in [5.74, 6) is 0.541. The summed E-state index contributed by atoms with van der Waals surface area (Å²) in [5, 5.41) is 58.0. The van der Waals surface area contributed by atoms with Gasteiger partial charge >= 0.3 is 0 Å². The van der Waals surface area contributed by atoms with Gasteiger partial charge in [0.2, 0.25) is 6.29 Å². The molecule has 1 aliphatic heterocycles. The molecule has 1 heterocycles. The Morgan fingerprint density at radius 1 is 0.900 bits per heavy atom. The molecule has 1 aliphatic rings. The van der Waals surface area contributed by atoms with E-state index in [1.807, 2.05) is 6.08 Å². The van der Waals surface area contributed by atoms with Crippen LogP contribution in [0.2, 0.25) is 0 Å². The molecular weight excluding hydrogens is 392 g/mol. The minimum absolute atomic E-state index is 0.162. The summed E-state index contributed by atoms with van der Waals surface area (Å²) in [5.41, 5.74) is 2.47. The average molecular weight is 418 g/mol. The fourth-order valence-electron chi connectivity index (χ4n) is 3.19. The van der Waals surface area contributed by atoms with Gasteiger partial charge in [-0.3, -0.25) is 0 Å². The van der Waals surface area contributed by atoms with Gasteiger partial charge in [-0.25, -0.2) is 0 Å². The summed E-state index contributed by atoms with van der Waals surface area (Å²) in [6, 6.07) is 13.5. The van der Waals surface area contributed by atoms with Crippen molar-refractivity contribution in [1.82, 2.24) is 0 Å². The minimum Gasteiger partial charge on any atom is -0.508 e. The summed E-state index contributed by atoms with van der Waals surface area (Å²) in [4.78, 5) is 0. The number of benzene rings is 2. The maximum Gasteiger partial charge on any atom is 0.229 e. The van der Waals surface area contributed by atoms with Crippen LogP contribution < -0.4 is 4.74 Å². The molecule has 0 aromatic heterocycles. The van der Waals surface area contributed by atoms with Gasteiger partial charge in [0, 0.05) is 0 Å². The van der Waals surface area contributed by atoms with Crippen molar-refractivity contribution in [3.63, 3.8) is 0 Å². The second-order valence-electron chi connectivity index (χ2n) is 7.10. The van der Waals surface area contributed by atoms with E-state index >= 15 is 0 Å². The minimum atomic E-state index is -1.51. The Balaban J connectivity index is 1.67. The standard InChI is InChI=1S/C22H26O8/c23-11-15(4-1-13-2-7-16(25)8-3-13)14-5-9-17(10-6-14)29-22-21(28)20(27)19(26)18(12-24)30-22/h2-10,18-28H,1,11-12H2/t18-,19-,20+,21-,22-/m1/s1. The molecule has 8 heteroatoms. The molecular formula is C22H26O8. The number of aliphatic hydroxyl groups excluding tert-OH is 5. The number of hydrogen-bond acceptors (Lipinski definition) is 8. The van der Waals surface area contributed by atoms with Crippen LogP contribution in [0.1, 0.15) is 11.1 Å². The topological polar surface area (TPSA) is 140 Å². The maximum atomic E-state index is 10.1. The predicted molar refractivity (Wildman–Crippen MR) is 108 cm³/mol. The van der Waals surface area contributed by atoms with Gasteiger partial charge in [0.15, 0.2) is 0 Å². The van der Waals surface area contributed by atoms with Gasteiger partial charge in [0.05, 0.1) is 13.2 Å². The summed E-state index contributed by atoms with van der Waals surface area (Å²) in [7, 11) is 0. The predicted octanol–water partition coefficient (Wildman–Crippen LogP) is 0.189. The van der Waals surface area contributed by atoms with Crippen LogP contribution in [-0.2, 0) is 11.2 Å². The first-order valence-corrected chi connectivity index (χ1v) is 9.58. The summed E-state index contributed by atoms with van der Waals surface area (Å²) in [6.45, 7) is -0.694. The van der Waals surface area contributed by atoms with E-state index in [4.69, 9.17) is 9.47 Å². The normalized spacial score (nSPS) is 27.1. The fraction of sp³-hybridized carbons (Fsp3) is 0.364. The molecule has 1 saturated heterocycles. The maximum absolute atomic E-state index is 10.1. The molecule has 162 valence electrons. The number of rotatable bonds is 7. The number of phenols is 1. The lowest BCUT2D eigenvalue weighted by atomic mass is 9.99. The first-order chi connectivity index (χ1) is 14.4. The van der Waals surface area contributed by atoms with Crippen molar-refractivity contribution in [3.05, 3.63) is 65.7 Å². The average Bonchev–Trinajstić information content (AvgIpc) is 2.76. The molecule has 1 fully saturated rings. The van der Waals surface area contributed by atoms with Crippen molar-refractivity contribution in [2.24, 2.45) is 0 Å². The number of ether oxygens (including phenoxy) is 2. The summed E-state index contributed by atoms with van der Waals surface area (Å²) in [6.07, 6.45) is -4.27. The lowest BCUT2D eigenvalue weighted by molar-refractivity contribution is -0.277. The highest BCUT2D eigenvalue weighted by Crippen LogP contribution is 2.26. The van der Waals surface area contributed by atoms with Gasteiger partial charge in [-0.05, 0) is 47.4 Å². The largest absolute Gasteiger partial charge is 0.508 e. The zero-order valence-electron chi connectivity index (χ0n) is 16.2.